The van der Waals surface area contributed by atoms with Crippen LogP contribution in [0.5, 0.6) is 0 Å². The van der Waals surface area contributed by atoms with Gasteiger partial charge in [0.05, 0.1) is 25.7 Å². The van der Waals surface area contributed by atoms with E-state index in [0.29, 0.717) is 19.1 Å². The first-order chi connectivity index (χ1) is 13.3. The van der Waals surface area contributed by atoms with Gasteiger partial charge in [0, 0.05) is 29.4 Å². The molecule has 0 saturated carbocycles. The minimum Gasteiger partial charge on any atom is -0.376 e. The van der Waals surface area contributed by atoms with E-state index in [1.807, 2.05) is 12.4 Å². The first-order valence-electron chi connectivity index (χ1n) is 9.63. The molecule has 136 valence electrons. The van der Waals surface area contributed by atoms with E-state index in [1.54, 1.807) is 0 Å². The van der Waals surface area contributed by atoms with Crippen molar-refractivity contribution in [2.75, 3.05) is 13.2 Å². The Morgan fingerprint density at radius 1 is 1.26 bits per heavy atom. The number of hydrogen-bond donors (Lipinski definition) is 2. The minimum absolute atomic E-state index is 0.393. The number of fused-ring (bicyclic) bond motifs is 2. The van der Waals surface area contributed by atoms with E-state index < -0.39 is 0 Å². The second-order valence-corrected chi connectivity index (χ2v) is 7.42. The Hall–Kier alpha value is -2.68. The minimum atomic E-state index is 0.393. The Bertz CT molecular complexity index is 1040. The lowest BCUT2D eigenvalue weighted by atomic mass is 9.88. The Morgan fingerprint density at radius 2 is 2.22 bits per heavy atom. The van der Waals surface area contributed by atoms with E-state index in [2.05, 4.69) is 39.6 Å². The zero-order valence-corrected chi connectivity index (χ0v) is 15.2. The van der Waals surface area contributed by atoms with Crippen LogP contribution in [0.2, 0.25) is 0 Å². The Kier molecular flexibility index (Phi) is 4.16. The number of hydrogen-bond acceptors (Lipinski definition) is 4. The molecule has 0 bridgehead atoms. The highest BCUT2D eigenvalue weighted by molar-refractivity contribution is 5.85. The molecule has 1 saturated heterocycles. The molecule has 2 aliphatic heterocycles. The monoisotopic (exact) mass is 358 g/mol. The van der Waals surface area contributed by atoms with Gasteiger partial charge in [-0.15, -0.1) is 0 Å². The van der Waals surface area contributed by atoms with E-state index in [0.717, 1.165) is 41.7 Å². The van der Waals surface area contributed by atoms with Crippen LogP contribution in [0, 0.1) is 11.3 Å². The van der Waals surface area contributed by atoms with Crippen molar-refractivity contribution < 1.29 is 4.74 Å². The summed E-state index contributed by atoms with van der Waals surface area (Å²) in [6.07, 6.45) is 7.58. The summed E-state index contributed by atoms with van der Waals surface area (Å²) in [5.74, 6) is 0. The summed E-state index contributed by atoms with van der Waals surface area (Å²) in [5, 5.41) is 13.7. The van der Waals surface area contributed by atoms with Crippen LogP contribution in [0.1, 0.15) is 41.1 Å². The van der Waals surface area contributed by atoms with Gasteiger partial charge in [0.2, 0.25) is 0 Å². The van der Waals surface area contributed by atoms with Gasteiger partial charge in [0.15, 0.2) is 0 Å². The number of rotatable bonds is 3. The van der Waals surface area contributed by atoms with Crippen LogP contribution >= 0.6 is 0 Å². The maximum absolute atomic E-state index is 9.07. The second-order valence-electron chi connectivity index (χ2n) is 7.42. The number of ether oxygens (including phenoxy) is 1. The molecule has 3 aromatic rings. The summed E-state index contributed by atoms with van der Waals surface area (Å²) in [4.78, 5) is 7.76. The van der Waals surface area contributed by atoms with E-state index in [4.69, 9.17) is 10.00 Å². The molecule has 5 heteroatoms. The van der Waals surface area contributed by atoms with Crippen molar-refractivity contribution >= 4 is 11.0 Å². The van der Waals surface area contributed by atoms with Crippen molar-refractivity contribution in [3.05, 3.63) is 52.8 Å². The fraction of sp³-hybridized carbons (Fsp3) is 0.364. The zero-order chi connectivity index (χ0) is 18.2. The van der Waals surface area contributed by atoms with Crippen LogP contribution in [-0.2, 0) is 24.2 Å². The molecule has 2 aliphatic rings. The van der Waals surface area contributed by atoms with Gasteiger partial charge in [-0.3, -0.25) is 0 Å². The molecule has 0 amide bonds. The van der Waals surface area contributed by atoms with Crippen molar-refractivity contribution in [3.63, 3.8) is 0 Å². The van der Waals surface area contributed by atoms with Gasteiger partial charge >= 0.3 is 0 Å². The molecule has 0 radical (unpaired) electrons. The van der Waals surface area contributed by atoms with Gasteiger partial charge in [-0.25, -0.2) is 4.98 Å². The number of nitrogens with one attached hydrogen (secondary N) is 2. The van der Waals surface area contributed by atoms with Crippen molar-refractivity contribution in [3.8, 4) is 17.2 Å². The van der Waals surface area contributed by atoms with Crippen LogP contribution in [0.4, 0.5) is 0 Å². The standard InChI is InChI=1S/C22H22N4O/c23-5-3-15-11-25-22-18(15)10-17(12-26-22)16-8-14-4-7-27-13-20(14)19(9-16)21-2-1-6-24-21/h8-12,21,24H,1-4,6-7,13H2,(H,25,26). The van der Waals surface area contributed by atoms with Crippen molar-refractivity contribution in [2.24, 2.45) is 0 Å². The molecule has 1 unspecified atom stereocenters. The summed E-state index contributed by atoms with van der Waals surface area (Å²) in [6, 6.07) is 9.44. The predicted molar refractivity (Wildman–Crippen MR) is 104 cm³/mol. The number of pyridine rings is 1. The summed E-state index contributed by atoms with van der Waals surface area (Å²) in [5.41, 5.74) is 8.30. The third-order valence-electron chi connectivity index (χ3n) is 5.79. The number of aromatic amines is 1. The molecule has 1 atom stereocenters. The quantitative estimate of drug-likeness (QED) is 0.747. The van der Waals surface area contributed by atoms with Crippen LogP contribution in [0.15, 0.2) is 30.6 Å². The van der Waals surface area contributed by atoms with Crippen LogP contribution in [0.3, 0.4) is 0 Å². The molecule has 0 spiro atoms. The van der Waals surface area contributed by atoms with Crippen molar-refractivity contribution in [1.29, 1.82) is 5.26 Å². The number of nitrogens with zero attached hydrogens (tertiary/aromatic N) is 2. The van der Waals surface area contributed by atoms with Crippen LogP contribution in [0.25, 0.3) is 22.2 Å². The van der Waals surface area contributed by atoms with Gasteiger partial charge in [-0.1, -0.05) is 6.07 Å². The summed E-state index contributed by atoms with van der Waals surface area (Å²) < 4.78 is 5.76. The van der Waals surface area contributed by atoms with Crippen LogP contribution < -0.4 is 5.32 Å². The topological polar surface area (TPSA) is 73.7 Å². The lowest BCUT2D eigenvalue weighted by molar-refractivity contribution is 0.109. The highest BCUT2D eigenvalue weighted by Crippen LogP contribution is 2.35. The maximum atomic E-state index is 9.07. The number of benzene rings is 1. The molecule has 5 rings (SSSR count). The molecule has 4 heterocycles. The van der Waals surface area contributed by atoms with E-state index in [1.165, 1.54) is 35.1 Å². The summed E-state index contributed by atoms with van der Waals surface area (Å²) in [7, 11) is 0. The maximum Gasteiger partial charge on any atom is 0.137 e. The largest absolute Gasteiger partial charge is 0.376 e. The van der Waals surface area contributed by atoms with E-state index >= 15 is 0 Å². The lowest BCUT2D eigenvalue weighted by Crippen LogP contribution is -2.19. The molecule has 1 fully saturated rings. The highest BCUT2D eigenvalue weighted by Gasteiger charge is 2.24. The number of H-pyrrole nitrogens is 1. The first-order valence-corrected chi connectivity index (χ1v) is 9.63. The van der Waals surface area contributed by atoms with Crippen LogP contribution in [-0.4, -0.2) is 23.1 Å². The Morgan fingerprint density at radius 3 is 3.07 bits per heavy atom. The van der Waals surface area contributed by atoms with Crippen molar-refractivity contribution in [2.45, 2.75) is 38.3 Å². The summed E-state index contributed by atoms with van der Waals surface area (Å²) >= 11 is 0. The zero-order valence-electron chi connectivity index (χ0n) is 15.2. The smallest absolute Gasteiger partial charge is 0.137 e. The number of aromatic nitrogens is 2. The fourth-order valence-corrected chi connectivity index (χ4v) is 4.39. The van der Waals surface area contributed by atoms with Gasteiger partial charge in [0.1, 0.15) is 5.65 Å². The lowest BCUT2D eigenvalue weighted by Gasteiger charge is -2.24. The first kappa shape index (κ1) is 16.5. The average Bonchev–Trinajstić information content (AvgIpc) is 3.37. The Balaban J connectivity index is 1.64. The molecule has 1 aromatic carbocycles. The second kappa shape index (κ2) is 6.80. The molecular formula is C22H22N4O. The molecule has 2 aromatic heterocycles. The van der Waals surface area contributed by atoms with E-state index in [-0.39, 0.29) is 0 Å². The van der Waals surface area contributed by atoms with Gasteiger partial charge in [0.25, 0.3) is 0 Å². The SMILES string of the molecule is N#CCc1c[nH]c2ncc(-c3cc4c(c(C5CCCN5)c3)COCC4)cc12. The van der Waals surface area contributed by atoms with Gasteiger partial charge in [-0.05, 0) is 65.8 Å². The highest BCUT2D eigenvalue weighted by atomic mass is 16.5. The fourth-order valence-electron chi connectivity index (χ4n) is 4.39. The normalized spacial score (nSPS) is 19.1. The molecule has 0 aliphatic carbocycles. The third-order valence-corrected chi connectivity index (χ3v) is 5.79. The molecule has 2 N–H and O–H groups in total. The van der Waals surface area contributed by atoms with Gasteiger partial charge in [-0.2, -0.15) is 5.26 Å². The van der Waals surface area contributed by atoms with Gasteiger partial charge < -0.3 is 15.0 Å². The molecular weight excluding hydrogens is 336 g/mol. The Labute approximate surface area is 158 Å². The average molecular weight is 358 g/mol. The molecule has 27 heavy (non-hydrogen) atoms. The number of nitriles is 1. The molecule has 5 nitrogen and oxygen atoms in total. The van der Waals surface area contributed by atoms with Crippen molar-refractivity contribution in [1.82, 2.24) is 15.3 Å². The van der Waals surface area contributed by atoms with E-state index in [9.17, 15) is 0 Å². The predicted octanol–water partition coefficient (Wildman–Crippen LogP) is 3.79. The third kappa shape index (κ3) is 2.91. The summed E-state index contributed by atoms with van der Waals surface area (Å²) in [6.45, 7) is 2.58.